The van der Waals surface area contributed by atoms with Crippen molar-refractivity contribution in [2.75, 3.05) is 6.54 Å². The summed E-state index contributed by atoms with van der Waals surface area (Å²) in [5, 5.41) is 8.56. The lowest BCUT2D eigenvalue weighted by molar-refractivity contribution is -0.131. The topological polar surface area (TPSA) is 83.5 Å². The Morgan fingerprint density at radius 3 is 2.80 bits per heavy atom. The highest BCUT2D eigenvalue weighted by Gasteiger charge is 2.33. The highest BCUT2D eigenvalue weighted by molar-refractivity contribution is 7.89. The second-order valence-corrected chi connectivity index (χ2v) is 6.84. The Hall–Kier alpha value is -1.66. The fourth-order valence-corrected chi connectivity index (χ4v) is 3.09. The van der Waals surface area contributed by atoms with E-state index in [0.29, 0.717) is 23.9 Å². The molecule has 0 radical (unpaired) electrons. The maximum absolute atomic E-state index is 12.1. The van der Waals surface area contributed by atoms with Gasteiger partial charge < -0.3 is 5.11 Å². The smallest absolute Gasteiger partial charge is 0.328 e. The molecule has 1 aromatic carbocycles. The first kappa shape index (κ1) is 14.7. The van der Waals surface area contributed by atoms with Gasteiger partial charge in [0.25, 0.3) is 0 Å². The molecule has 0 bridgehead atoms. The minimum atomic E-state index is -3.53. The molecule has 0 amide bonds. The Labute approximate surface area is 118 Å². The Balaban J connectivity index is 2.10. The van der Waals surface area contributed by atoms with Crippen molar-refractivity contribution in [2.24, 2.45) is 11.8 Å². The van der Waals surface area contributed by atoms with E-state index in [9.17, 15) is 13.2 Å². The zero-order valence-electron chi connectivity index (χ0n) is 11.1. The average Bonchev–Trinajstić information content (AvgIpc) is 3.11. The predicted molar refractivity (Wildman–Crippen MR) is 75.6 cm³/mol. The molecule has 1 aliphatic carbocycles. The van der Waals surface area contributed by atoms with Crippen LogP contribution in [0, 0.1) is 11.8 Å². The van der Waals surface area contributed by atoms with E-state index in [4.69, 9.17) is 5.11 Å². The lowest BCUT2D eigenvalue weighted by Gasteiger charge is -2.07. The Kier molecular flexibility index (Phi) is 4.25. The Morgan fingerprint density at radius 2 is 2.20 bits per heavy atom. The molecule has 20 heavy (non-hydrogen) atoms. The Bertz CT molecular complexity index is 636. The van der Waals surface area contributed by atoms with Gasteiger partial charge in [0.1, 0.15) is 0 Å². The van der Waals surface area contributed by atoms with Gasteiger partial charge in [-0.25, -0.2) is 17.9 Å². The van der Waals surface area contributed by atoms with Crippen LogP contribution in [-0.2, 0) is 14.8 Å². The highest BCUT2D eigenvalue weighted by atomic mass is 32.2. The molecule has 0 saturated heterocycles. The molecule has 108 valence electrons. The predicted octanol–water partition coefficient (Wildman–Crippen LogP) is 1.72. The normalized spacial score (nSPS) is 22.1. The van der Waals surface area contributed by atoms with Crippen LogP contribution in [0.25, 0.3) is 6.08 Å². The van der Waals surface area contributed by atoms with Crippen LogP contribution in [0.1, 0.15) is 18.9 Å². The number of rotatable bonds is 6. The van der Waals surface area contributed by atoms with Crippen molar-refractivity contribution in [3.05, 3.63) is 35.9 Å². The molecule has 6 heteroatoms. The molecular formula is C14H17NO4S. The lowest BCUT2D eigenvalue weighted by atomic mass is 10.2. The molecule has 2 atom stereocenters. The van der Waals surface area contributed by atoms with E-state index in [1.165, 1.54) is 18.2 Å². The summed E-state index contributed by atoms with van der Waals surface area (Å²) in [5.41, 5.74) is 0.537. The molecule has 2 N–H and O–H groups in total. The van der Waals surface area contributed by atoms with Crippen molar-refractivity contribution in [3.63, 3.8) is 0 Å². The minimum Gasteiger partial charge on any atom is -0.478 e. The van der Waals surface area contributed by atoms with E-state index in [1.54, 1.807) is 12.1 Å². The number of nitrogens with one attached hydrogen (secondary N) is 1. The van der Waals surface area contributed by atoms with E-state index >= 15 is 0 Å². The highest BCUT2D eigenvalue weighted by Crippen LogP contribution is 2.37. The van der Waals surface area contributed by atoms with Gasteiger partial charge >= 0.3 is 5.97 Å². The molecule has 2 rings (SSSR count). The number of carboxylic acids is 1. The second-order valence-electron chi connectivity index (χ2n) is 5.07. The lowest BCUT2D eigenvalue weighted by Crippen LogP contribution is -2.26. The standard InChI is InChI=1S/C14H17NO4S/c1-10-7-12(10)9-15-20(18,19)13-4-2-3-11(8-13)5-6-14(16)17/h2-6,8,10,12,15H,7,9H2,1H3,(H,16,17)/b6-5+. The molecule has 1 aliphatic rings. The van der Waals surface area contributed by atoms with Gasteiger partial charge in [0.05, 0.1) is 4.90 Å². The maximum atomic E-state index is 12.1. The van der Waals surface area contributed by atoms with Gasteiger partial charge in [-0.05, 0) is 42.0 Å². The fourth-order valence-electron chi connectivity index (χ4n) is 1.94. The van der Waals surface area contributed by atoms with Gasteiger partial charge in [0, 0.05) is 12.6 Å². The molecule has 0 spiro atoms. The van der Waals surface area contributed by atoms with Gasteiger partial charge in [-0.1, -0.05) is 19.1 Å². The number of carboxylic acid groups (broad SMARTS) is 1. The van der Waals surface area contributed by atoms with Crippen molar-refractivity contribution in [3.8, 4) is 0 Å². The number of benzene rings is 1. The van der Waals surface area contributed by atoms with Crippen molar-refractivity contribution in [1.82, 2.24) is 4.72 Å². The third-order valence-electron chi connectivity index (χ3n) is 3.40. The van der Waals surface area contributed by atoms with Gasteiger partial charge in [0.15, 0.2) is 0 Å². The van der Waals surface area contributed by atoms with E-state index in [2.05, 4.69) is 11.6 Å². The van der Waals surface area contributed by atoms with Crippen molar-refractivity contribution in [1.29, 1.82) is 0 Å². The molecule has 1 fully saturated rings. The quantitative estimate of drug-likeness (QED) is 0.783. The van der Waals surface area contributed by atoms with Crippen LogP contribution in [0.15, 0.2) is 35.2 Å². The van der Waals surface area contributed by atoms with Crippen LogP contribution in [-0.4, -0.2) is 26.0 Å². The molecule has 5 nitrogen and oxygen atoms in total. The summed E-state index contributed by atoms with van der Waals surface area (Å²) in [5.74, 6) is -0.0542. The van der Waals surface area contributed by atoms with Crippen LogP contribution in [0.4, 0.5) is 0 Å². The summed E-state index contributed by atoms with van der Waals surface area (Å²) in [6.45, 7) is 2.55. The second kappa shape index (κ2) is 5.76. The Morgan fingerprint density at radius 1 is 1.50 bits per heavy atom. The van der Waals surface area contributed by atoms with Crippen molar-refractivity contribution < 1.29 is 18.3 Å². The number of hydrogen-bond donors (Lipinski definition) is 2. The summed E-state index contributed by atoms with van der Waals surface area (Å²) in [4.78, 5) is 10.6. The van der Waals surface area contributed by atoms with Gasteiger partial charge in [-0.15, -0.1) is 0 Å². The number of aliphatic carboxylic acids is 1. The van der Waals surface area contributed by atoms with E-state index in [0.717, 1.165) is 12.5 Å². The van der Waals surface area contributed by atoms with Gasteiger partial charge in [-0.3, -0.25) is 0 Å². The largest absolute Gasteiger partial charge is 0.478 e. The molecule has 0 aromatic heterocycles. The fraction of sp³-hybridized carbons (Fsp3) is 0.357. The first-order chi connectivity index (χ1) is 9.38. The molecular weight excluding hydrogens is 278 g/mol. The van der Waals surface area contributed by atoms with Crippen LogP contribution in [0.3, 0.4) is 0 Å². The maximum Gasteiger partial charge on any atom is 0.328 e. The monoisotopic (exact) mass is 295 g/mol. The summed E-state index contributed by atoms with van der Waals surface area (Å²) >= 11 is 0. The molecule has 1 saturated carbocycles. The van der Waals surface area contributed by atoms with Crippen LogP contribution >= 0.6 is 0 Å². The van der Waals surface area contributed by atoms with E-state index in [-0.39, 0.29) is 4.90 Å². The van der Waals surface area contributed by atoms with Crippen molar-refractivity contribution in [2.45, 2.75) is 18.2 Å². The van der Waals surface area contributed by atoms with Crippen LogP contribution in [0.5, 0.6) is 0 Å². The zero-order chi connectivity index (χ0) is 14.8. The first-order valence-electron chi connectivity index (χ1n) is 6.39. The van der Waals surface area contributed by atoms with Gasteiger partial charge in [-0.2, -0.15) is 0 Å². The third-order valence-corrected chi connectivity index (χ3v) is 4.82. The molecule has 1 aromatic rings. The molecule has 0 aliphatic heterocycles. The number of sulfonamides is 1. The third kappa shape index (κ3) is 3.91. The summed E-state index contributed by atoms with van der Waals surface area (Å²) < 4.78 is 26.8. The summed E-state index contributed by atoms with van der Waals surface area (Å²) in [6.07, 6.45) is 3.40. The average molecular weight is 295 g/mol. The minimum absolute atomic E-state index is 0.151. The van der Waals surface area contributed by atoms with Gasteiger partial charge in [0.2, 0.25) is 10.0 Å². The van der Waals surface area contributed by atoms with E-state index < -0.39 is 16.0 Å². The molecule has 0 heterocycles. The molecule has 2 unspecified atom stereocenters. The van der Waals surface area contributed by atoms with Crippen LogP contribution in [0.2, 0.25) is 0 Å². The first-order valence-corrected chi connectivity index (χ1v) is 7.87. The number of hydrogen-bond acceptors (Lipinski definition) is 3. The number of carbonyl (C=O) groups is 1. The van der Waals surface area contributed by atoms with Crippen molar-refractivity contribution >= 4 is 22.1 Å². The summed E-state index contributed by atoms with van der Waals surface area (Å²) in [6, 6.07) is 6.20. The van der Waals surface area contributed by atoms with Crippen LogP contribution < -0.4 is 4.72 Å². The summed E-state index contributed by atoms with van der Waals surface area (Å²) in [7, 11) is -3.53. The zero-order valence-corrected chi connectivity index (χ0v) is 11.9. The SMILES string of the molecule is CC1CC1CNS(=O)(=O)c1cccc(/C=C/C(=O)O)c1. The van der Waals surface area contributed by atoms with E-state index in [1.807, 2.05) is 0 Å².